The standard InChI is InChI=1S/C6H11IOS/c1-6(2,3)5(9)8-4-7/h4H2,1-3H3. The Morgan fingerprint density at radius 1 is 1.56 bits per heavy atom. The molecule has 54 valence electrons. The fraction of sp³-hybridized carbons (Fsp3) is 0.833. The van der Waals surface area contributed by atoms with E-state index in [1.54, 1.807) is 0 Å². The summed E-state index contributed by atoms with van der Waals surface area (Å²) < 4.78 is 5.77. The number of thiocarbonyl (C=S) groups is 1. The Morgan fingerprint density at radius 2 is 2.00 bits per heavy atom. The maximum Gasteiger partial charge on any atom is 0.166 e. The molecule has 0 saturated carbocycles. The van der Waals surface area contributed by atoms with Crippen molar-refractivity contribution in [2.75, 3.05) is 4.61 Å². The summed E-state index contributed by atoms with van der Waals surface area (Å²) in [5.41, 5.74) is 0.0144. The second kappa shape index (κ2) is 3.71. The molecule has 1 nitrogen and oxygen atoms in total. The Bertz CT molecular complexity index is 106. The third-order valence-electron chi connectivity index (χ3n) is 0.798. The molecule has 0 aliphatic rings. The molecule has 0 aliphatic heterocycles. The second-order valence-electron chi connectivity index (χ2n) is 2.79. The third kappa shape index (κ3) is 4.08. The van der Waals surface area contributed by atoms with E-state index in [2.05, 4.69) is 22.6 Å². The molecule has 0 atom stereocenters. The number of alkyl halides is 1. The maximum atomic E-state index is 5.12. The van der Waals surface area contributed by atoms with Crippen molar-refractivity contribution in [1.82, 2.24) is 0 Å². The van der Waals surface area contributed by atoms with E-state index in [1.807, 2.05) is 20.8 Å². The van der Waals surface area contributed by atoms with Gasteiger partial charge in [0.1, 0.15) is 4.61 Å². The predicted molar refractivity (Wildman–Crippen MR) is 52.0 cm³/mol. The van der Waals surface area contributed by atoms with Crippen molar-refractivity contribution >= 4 is 39.9 Å². The van der Waals surface area contributed by atoms with E-state index in [-0.39, 0.29) is 5.41 Å². The van der Waals surface area contributed by atoms with Crippen LogP contribution in [0.3, 0.4) is 0 Å². The molecule has 0 aliphatic carbocycles. The molecule has 0 N–H and O–H groups in total. The van der Waals surface area contributed by atoms with Crippen LogP contribution < -0.4 is 0 Å². The Hall–Kier alpha value is 0.620. The molecule has 0 saturated heterocycles. The molecule has 0 rings (SSSR count). The van der Waals surface area contributed by atoms with Crippen molar-refractivity contribution in [1.29, 1.82) is 0 Å². The van der Waals surface area contributed by atoms with E-state index in [0.29, 0.717) is 9.66 Å². The monoisotopic (exact) mass is 258 g/mol. The van der Waals surface area contributed by atoms with Gasteiger partial charge in [-0.2, -0.15) is 0 Å². The molecule has 0 aromatic rings. The van der Waals surface area contributed by atoms with Crippen LogP contribution in [0, 0.1) is 5.41 Å². The molecule has 9 heavy (non-hydrogen) atoms. The van der Waals surface area contributed by atoms with E-state index in [4.69, 9.17) is 17.0 Å². The van der Waals surface area contributed by atoms with Crippen molar-refractivity contribution in [3.63, 3.8) is 0 Å². The highest BCUT2D eigenvalue weighted by atomic mass is 127. The summed E-state index contributed by atoms with van der Waals surface area (Å²) >= 11 is 7.10. The van der Waals surface area contributed by atoms with Gasteiger partial charge in [0.25, 0.3) is 0 Å². The zero-order valence-electron chi connectivity index (χ0n) is 5.90. The van der Waals surface area contributed by atoms with Crippen LogP contribution in [0.2, 0.25) is 0 Å². The van der Waals surface area contributed by atoms with Gasteiger partial charge in [0.15, 0.2) is 5.05 Å². The second-order valence-corrected chi connectivity index (χ2v) is 3.78. The minimum Gasteiger partial charge on any atom is -0.476 e. The molecule has 0 fully saturated rings. The fourth-order valence-corrected chi connectivity index (χ4v) is 0.848. The van der Waals surface area contributed by atoms with Crippen LogP contribution in [0.1, 0.15) is 20.8 Å². The number of hydrogen-bond acceptors (Lipinski definition) is 2. The lowest BCUT2D eigenvalue weighted by molar-refractivity contribution is 0.343. The molecule has 0 spiro atoms. The zero-order chi connectivity index (χ0) is 7.49. The summed E-state index contributed by atoms with van der Waals surface area (Å²) in [6, 6.07) is 0. The SMILES string of the molecule is CC(C)(C)C(=S)OCI. The van der Waals surface area contributed by atoms with E-state index < -0.39 is 0 Å². The number of hydrogen-bond donors (Lipinski definition) is 0. The summed E-state index contributed by atoms with van der Waals surface area (Å²) in [4.78, 5) is 0. The molecular weight excluding hydrogens is 247 g/mol. The van der Waals surface area contributed by atoms with Crippen LogP contribution in [0.15, 0.2) is 0 Å². The Balaban J connectivity index is 3.74. The van der Waals surface area contributed by atoms with Gasteiger partial charge in [0, 0.05) is 5.41 Å². The Labute approximate surface area is 75.3 Å². The summed E-state index contributed by atoms with van der Waals surface area (Å²) in [6.45, 7) is 6.13. The molecule has 0 unspecified atom stereocenters. The summed E-state index contributed by atoms with van der Waals surface area (Å²) in [5, 5.41) is 0.692. The lowest BCUT2D eigenvalue weighted by Crippen LogP contribution is -2.20. The first-order chi connectivity index (χ1) is 3.98. The molecule has 0 amide bonds. The largest absolute Gasteiger partial charge is 0.476 e. The molecule has 0 aromatic heterocycles. The molecule has 3 heteroatoms. The van der Waals surface area contributed by atoms with Gasteiger partial charge in [-0.15, -0.1) is 0 Å². The lowest BCUT2D eigenvalue weighted by atomic mass is 9.98. The van der Waals surface area contributed by atoms with Gasteiger partial charge in [-0.05, 0) is 34.8 Å². The summed E-state index contributed by atoms with van der Waals surface area (Å²) in [5.74, 6) is 0. The first-order valence-corrected chi connectivity index (χ1v) is 4.65. The fourth-order valence-electron chi connectivity index (χ4n) is 0.266. The van der Waals surface area contributed by atoms with Crippen LogP contribution in [0.5, 0.6) is 0 Å². The highest BCUT2D eigenvalue weighted by Gasteiger charge is 2.17. The maximum absolute atomic E-state index is 5.12. The Kier molecular flexibility index (Phi) is 3.96. The van der Waals surface area contributed by atoms with Crippen molar-refractivity contribution in [3.8, 4) is 0 Å². The van der Waals surface area contributed by atoms with Gasteiger partial charge in [0.05, 0.1) is 0 Å². The highest BCUT2D eigenvalue weighted by molar-refractivity contribution is 14.1. The number of halogens is 1. The zero-order valence-corrected chi connectivity index (χ0v) is 8.88. The van der Waals surface area contributed by atoms with Crippen molar-refractivity contribution in [2.24, 2.45) is 5.41 Å². The van der Waals surface area contributed by atoms with Gasteiger partial charge in [0.2, 0.25) is 0 Å². The van der Waals surface area contributed by atoms with Crippen molar-refractivity contribution in [2.45, 2.75) is 20.8 Å². The first kappa shape index (κ1) is 9.62. The summed E-state index contributed by atoms with van der Waals surface area (Å²) in [6.07, 6.45) is 0. The molecule has 0 radical (unpaired) electrons. The van der Waals surface area contributed by atoms with E-state index >= 15 is 0 Å². The van der Waals surface area contributed by atoms with E-state index in [9.17, 15) is 0 Å². The topological polar surface area (TPSA) is 9.23 Å². The number of rotatable bonds is 1. The van der Waals surface area contributed by atoms with Crippen molar-refractivity contribution < 1.29 is 4.74 Å². The number of ether oxygens (including phenoxy) is 1. The van der Waals surface area contributed by atoms with Crippen LogP contribution in [-0.2, 0) is 4.74 Å². The van der Waals surface area contributed by atoms with E-state index in [1.165, 1.54) is 0 Å². The minimum absolute atomic E-state index is 0.0144. The van der Waals surface area contributed by atoms with Crippen molar-refractivity contribution in [3.05, 3.63) is 0 Å². The van der Waals surface area contributed by atoms with Crippen LogP contribution in [0.4, 0.5) is 0 Å². The third-order valence-corrected chi connectivity index (χ3v) is 1.84. The van der Waals surface area contributed by atoms with Gasteiger partial charge in [-0.3, -0.25) is 0 Å². The molecule has 0 bridgehead atoms. The highest BCUT2D eigenvalue weighted by Crippen LogP contribution is 2.17. The normalized spacial score (nSPS) is 11.1. The van der Waals surface area contributed by atoms with Crippen LogP contribution in [0.25, 0.3) is 0 Å². The summed E-state index contributed by atoms with van der Waals surface area (Å²) in [7, 11) is 0. The Morgan fingerprint density at radius 3 is 2.11 bits per heavy atom. The van der Waals surface area contributed by atoms with Gasteiger partial charge >= 0.3 is 0 Å². The van der Waals surface area contributed by atoms with Gasteiger partial charge < -0.3 is 4.74 Å². The lowest BCUT2D eigenvalue weighted by Gasteiger charge is -2.18. The predicted octanol–water partition coefficient (Wildman–Crippen LogP) is 2.77. The smallest absolute Gasteiger partial charge is 0.166 e. The average molecular weight is 258 g/mol. The van der Waals surface area contributed by atoms with Gasteiger partial charge in [-0.1, -0.05) is 20.8 Å². The first-order valence-electron chi connectivity index (χ1n) is 2.71. The van der Waals surface area contributed by atoms with Crippen LogP contribution >= 0.6 is 34.8 Å². The van der Waals surface area contributed by atoms with Gasteiger partial charge in [-0.25, -0.2) is 0 Å². The molecule has 0 heterocycles. The molecule has 0 aromatic carbocycles. The van der Waals surface area contributed by atoms with E-state index in [0.717, 1.165) is 0 Å². The average Bonchev–Trinajstić information content (AvgIpc) is 1.64. The minimum atomic E-state index is 0.0144. The quantitative estimate of drug-likeness (QED) is 0.406. The van der Waals surface area contributed by atoms with Crippen LogP contribution in [-0.4, -0.2) is 9.66 Å². The molecular formula is C6H11IOS.